The van der Waals surface area contributed by atoms with Gasteiger partial charge >= 0.3 is 5.97 Å². The highest BCUT2D eigenvalue weighted by molar-refractivity contribution is 5.69. The number of rotatable bonds is 5. The zero-order chi connectivity index (χ0) is 12.9. The van der Waals surface area contributed by atoms with Crippen molar-refractivity contribution < 1.29 is 14.3 Å². The van der Waals surface area contributed by atoms with Gasteiger partial charge in [-0.1, -0.05) is 26.0 Å². The number of hydrogen-bond acceptors (Lipinski definition) is 3. The van der Waals surface area contributed by atoms with Crippen LogP contribution in [0.25, 0.3) is 0 Å². The smallest absolute Gasteiger partial charge is 0.305 e. The van der Waals surface area contributed by atoms with E-state index in [9.17, 15) is 9.59 Å². The summed E-state index contributed by atoms with van der Waals surface area (Å²) in [5.41, 5.74) is -0.346. The molecule has 1 aliphatic rings. The van der Waals surface area contributed by atoms with Gasteiger partial charge < -0.3 is 9.53 Å². The van der Waals surface area contributed by atoms with Crippen LogP contribution in [0.4, 0.5) is 0 Å². The molecule has 0 fully saturated rings. The van der Waals surface area contributed by atoms with Crippen molar-refractivity contribution in [2.24, 2.45) is 17.3 Å². The molecule has 0 N–H and O–H groups in total. The average Bonchev–Trinajstić information content (AvgIpc) is 2.31. The number of hydrogen-bond donors (Lipinski definition) is 0. The van der Waals surface area contributed by atoms with Crippen LogP contribution in [0.3, 0.4) is 0 Å². The Labute approximate surface area is 103 Å². The molecule has 0 saturated carbocycles. The number of carbonyl (C=O) groups excluding carboxylic acids is 2. The van der Waals surface area contributed by atoms with Gasteiger partial charge in [-0.05, 0) is 31.6 Å². The fourth-order valence-electron chi connectivity index (χ4n) is 2.39. The first kappa shape index (κ1) is 13.9. The van der Waals surface area contributed by atoms with E-state index in [2.05, 4.69) is 19.1 Å². The number of allylic oxidation sites excluding steroid dienone is 2. The molecule has 1 rings (SSSR count). The molecule has 1 aliphatic carbocycles. The van der Waals surface area contributed by atoms with E-state index in [0.29, 0.717) is 25.4 Å². The third kappa shape index (κ3) is 3.18. The normalized spacial score (nSPS) is 32.2. The molecule has 0 spiro atoms. The number of ether oxygens (including phenoxy) is 1. The molecule has 3 nitrogen and oxygen atoms in total. The lowest BCUT2D eigenvalue weighted by molar-refractivity contribution is -0.144. The minimum atomic E-state index is -0.346. The fourth-order valence-corrected chi connectivity index (χ4v) is 2.39. The highest BCUT2D eigenvalue weighted by atomic mass is 16.5. The van der Waals surface area contributed by atoms with Crippen LogP contribution in [0.1, 0.15) is 40.0 Å². The second-order valence-electron chi connectivity index (χ2n) is 5.00. The third-order valence-electron chi connectivity index (χ3n) is 3.94. The largest absolute Gasteiger partial charge is 0.466 e. The molecule has 0 saturated heterocycles. The monoisotopic (exact) mass is 238 g/mol. The van der Waals surface area contributed by atoms with Crippen LogP contribution < -0.4 is 0 Å². The zero-order valence-electron chi connectivity index (χ0n) is 10.9. The average molecular weight is 238 g/mol. The summed E-state index contributed by atoms with van der Waals surface area (Å²) in [7, 11) is 0. The SMILES string of the molecule is CCOC(=O)CC[C@@H]1C=CC[C@@H](C)[C@@]1(C)C=O. The topological polar surface area (TPSA) is 43.4 Å². The predicted octanol–water partition coefficient (Wildman–Crippen LogP) is 2.75. The van der Waals surface area contributed by atoms with Crippen molar-refractivity contribution in [2.45, 2.75) is 40.0 Å². The van der Waals surface area contributed by atoms with E-state index in [0.717, 1.165) is 12.7 Å². The van der Waals surface area contributed by atoms with Crippen LogP contribution in [0.5, 0.6) is 0 Å². The van der Waals surface area contributed by atoms with E-state index in [1.165, 1.54) is 0 Å². The summed E-state index contributed by atoms with van der Waals surface area (Å²) in [6.07, 6.45) is 7.26. The number of esters is 1. The minimum Gasteiger partial charge on any atom is -0.466 e. The Balaban J connectivity index is 2.62. The summed E-state index contributed by atoms with van der Waals surface area (Å²) < 4.78 is 4.91. The second-order valence-corrected chi connectivity index (χ2v) is 5.00. The first-order valence-electron chi connectivity index (χ1n) is 6.33. The molecule has 0 heterocycles. The molecule has 0 unspecified atom stereocenters. The predicted molar refractivity (Wildman–Crippen MR) is 66.4 cm³/mol. The quantitative estimate of drug-likeness (QED) is 0.420. The van der Waals surface area contributed by atoms with Gasteiger partial charge in [0.25, 0.3) is 0 Å². The molecule has 96 valence electrons. The summed E-state index contributed by atoms with van der Waals surface area (Å²) >= 11 is 0. The molecular weight excluding hydrogens is 216 g/mol. The van der Waals surface area contributed by atoms with Gasteiger partial charge in [-0.2, -0.15) is 0 Å². The van der Waals surface area contributed by atoms with Gasteiger partial charge in [0.05, 0.1) is 6.61 Å². The van der Waals surface area contributed by atoms with Crippen LogP contribution in [-0.2, 0) is 14.3 Å². The molecule has 17 heavy (non-hydrogen) atoms. The Bertz CT molecular complexity index is 309. The van der Waals surface area contributed by atoms with Gasteiger partial charge in [-0.15, -0.1) is 0 Å². The molecule has 0 aromatic carbocycles. The summed E-state index contributed by atoms with van der Waals surface area (Å²) in [5, 5.41) is 0. The lowest BCUT2D eigenvalue weighted by Crippen LogP contribution is -2.37. The van der Waals surface area contributed by atoms with Gasteiger partial charge in [0.15, 0.2) is 0 Å². The Kier molecular flexibility index (Phi) is 4.91. The Morgan fingerprint density at radius 2 is 2.29 bits per heavy atom. The zero-order valence-corrected chi connectivity index (χ0v) is 10.9. The van der Waals surface area contributed by atoms with Crippen molar-refractivity contribution in [3.8, 4) is 0 Å². The number of carbonyl (C=O) groups is 2. The van der Waals surface area contributed by atoms with E-state index >= 15 is 0 Å². The number of aldehydes is 1. The van der Waals surface area contributed by atoms with E-state index in [4.69, 9.17) is 4.74 Å². The minimum absolute atomic E-state index is 0.146. The molecule has 0 aliphatic heterocycles. The van der Waals surface area contributed by atoms with Crippen LogP contribution >= 0.6 is 0 Å². The molecule has 0 radical (unpaired) electrons. The van der Waals surface area contributed by atoms with Crippen molar-refractivity contribution in [3.63, 3.8) is 0 Å². The third-order valence-corrected chi connectivity index (χ3v) is 3.94. The maximum Gasteiger partial charge on any atom is 0.305 e. The Morgan fingerprint density at radius 3 is 2.88 bits per heavy atom. The fraction of sp³-hybridized carbons (Fsp3) is 0.714. The summed E-state index contributed by atoms with van der Waals surface area (Å²) in [5.74, 6) is 0.303. The molecule has 3 heteroatoms. The maximum atomic E-state index is 11.3. The standard InChI is InChI=1S/C14H22O3/c1-4-17-13(16)9-8-12-7-5-6-11(2)14(12,3)10-15/h5,7,10-12H,4,6,8-9H2,1-3H3/t11-,12+,14-/m1/s1. The van der Waals surface area contributed by atoms with Gasteiger partial charge in [0.2, 0.25) is 0 Å². The van der Waals surface area contributed by atoms with E-state index < -0.39 is 0 Å². The van der Waals surface area contributed by atoms with Crippen LogP contribution in [0.15, 0.2) is 12.2 Å². The molecule has 0 bridgehead atoms. The van der Waals surface area contributed by atoms with Crippen molar-refractivity contribution in [1.82, 2.24) is 0 Å². The van der Waals surface area contributed by atoms with Gasteiger partial charge in [-0.3, -0.25) is 4.79 Å². The summed E-state index contributed by atoms with van der Waals surface area (Å²) in [4.78, 5) is 22.7. The maximum absolute atomic E-state index is 11.3. The van der Waals surface area contributed by atoms with Crippen molar-refractivity contribution in [2.75, 3.05) is 6.61 Å². The summed E-state index contributed by atoms with van der Waals surface area (Å²) in [6, 6.07) is 0. The van der Waals surface area contributed by atoms with Crippen LogP contribution in [0, 0.1) is 17.3 Å². The van der Waals surface area contributed by atoms with Crippen molar-refractivity contribution in [1.29, 1.82) is 0 Å². The first-order valence-corrected chi connectivity index (χ1v) is 6.33. The van der Waals surface area contributed by atoms with Crippen LogP contribution in [-0.4, -0.2) is 18.9 Å². The van der Waals surface area contributed by atoms with E-state index in [1.807, 2.05) is 6.92 Å². The Morgan fingerprint density at radius 1 is 1.59 bits per heavy atom. The van der Waals surface area contributed by atoms with Crippen molar-refractivity contribution in [3.05, 3.63) is 12.2 Å². The first-order chi connectivity index (χ1) is 8.04. The Hall–Kier alpha value is -1.12. The van der Waals surface area contributed by atoms with Gasteiger partial charge in [0, 0.05) is 11.8 Å². The molecule has 0 aromatic rings. The lowest BCUT2D eigenvalue weighted by atomic mass is 9.64. The highest BCUT2D eigenvalue weighted by Crippen LogP contribution is 2.42. The highest BCUT2D eigenvalue weighted by Gasteiger charge is 2.39. The van der Waals surface area contributed by atoms with Gasteiger partial charge in [-0.25, -0.2) is 0 Å². The molecule has 0 amide bonds. The van der Waals surface area contributed by atoms with Gasteiger partial charge in [0.1, 0.15) is 6.29 Å². The molecule has 3 atom stereocenters. The lowest BCUT2D eigenvalue weighted by Gasteiger charge is -2.39. The second kappa shape index (κ2) is 5.99. The summed E-state index contributed by atoms with van der Waals surface area (Å²) in [6.45, 7) is 6.30. The van der Waals surface area contributed by atoms with E-state index in [-0.39, 0.29) is 17.3 Å². The molecular formula is C14H22O3. The van der Waals surface area contributed by atoms with E-state index in [1.54, 1.807) is 6.92 Å². The molecule has 0 aromatic heterocycles. The van der Waals surface area contributed by atoms with Crippen molar-refractivity contribution >= 4 is 12.3 Å². The van der Waals surface area contributed by atoms with Crippen LogP contribution in [0.2, 0.25) is 0 Å².